The van der Waals surface area contributed by atoms with Crippen LogP contribution in [-0.4, -0.2) is 53.6 Å². The summed E-state index contributed by atoms with van der Waals surface area (Å²) in [6.45, 7) is 4.45. The summed E-state index contributed by atoms with van der Waals surface area (Å²) >= 11 is 0. The van der Waals surface area contributed by atoms with Crippen LogP contribution in [0.5, 0.6) is 0 Å². The zero-order valence-electron chi connectivity index (χ0n) is 11.6. The third-order valence-electron chi connectivity index (χ3n) is 4.96. The fraction of sp³-hybridized carbons (Fsp3) is 0.562. The first-order chi connectivity index (χ1) is 9.78. The van der Waals surface area contributed by atoms with Gasteiger partial charge in [-0.05, 0) is 18.4 Å². The van der Waals surface area contributed by atoms with Crippen molar-refractivity contribution >= 4 is 5.91 Å². The van der Waals surface area contributed by atoms with Gasteiger partial charge in [-0.15, -0.1) is 0 Å². The van der Waals surface area contributed by atoms with Gasteiger partial charge in [0.15, 0.2) is 0 Å². The molecule has 4 rings (SSSR count). The molecular weight excluding hydrogens is 252 g/mol. The van der Waals surface area contributed by atoms with E-state index in [0.717, 1.165) is 39.1 Å². The van der Waals surface area contributed by atoms with E-state index in [0.29, 0.717) is 12.5 Å². The van der Waals surface area contributed by atoms with Crippen molar-refractivity contribution in [2.75, 3.05) is 26.3 Å². The molecule has 3 fully saturated rings. The summed E-state index contributed by atoms with van der Waals surface area (Å²) in [7, 11) is 0. The maximum Gasteiger partial charge on any atom is 0.249 e. The van der Waals surface area contributed by atoms with E-state index in [1.165, 1.54) is 5.56 Å². The smallest absolute Gasteiger partial charge is 0.249 e. The van der Waals surface area contributed by atoms with Crippen LogP contribution in [-0.2, 0) is 16.1 Å². The third-order valence-corrected chi connectivity index (χ3v) is 4.96. The molecule has 1 spiro atoms. The number of carbonyl (C=O) groups excluding carboxylic acids is 1. The minimum atomic E-state index is 0.00713. The van der Waals surface area contributed by atoms with Gasteiger partial charge >= 0.3 is 0 Å². The first-order valence-electron chi connectivity index (χ1n) is 7.46. The molecule has 0 aliphatic carbocycles. The van der Waals surface area contributed by atoms with Crippen LogP contribution in [0.15, 0.2) is 30.3 Å². The second-order valence-electron chi connectivity index (χ2n) is 6.23. The van der Waals surface area contributed by atoms with Crippen molar-refractivity contribution in [3.8, 4) is 0 Å². The average molecular weight is 272 g/mol. The van der Waals surface area contributed by atoms with Crippen molar-refractivity contribution in [1.82, 2.24) is 9.80 Å². The van der Waals surface area contributed by atoms with E-state index in [4.69, 9.17) is 4.74 Å². The van der Waals surface area contributed by atoms with Gasteiger partial charge in [-0.25, -0.2) is 0 Å². The largest absolute Gasteiger partial charge is 0.376 e. The second-order valence-corrected chi connectivity index (χ2v) is 6.23. The minimum absolute atomic E-state index is 0.00713. The predicted octanol–water partition coefficient (Wildman–Crippen LogP) is 1.26. The maximum atomic E-state index is 11.8. The van der Waals surface area contributed by atoms with Crippen molar-refractivity contribution in [3.05, 3.63) is 35.9 Å². The Balaban J connectivity index is 1.40. The van der Waals surface area contributed by atoms with Gasteiger partial charge < -0.3 is 9.64 Å². The minimum Gasteiger partial charge on any atom is -0.376 e. The zero-order valence-corrected chi connectivity index (χ0v) is 11.6. The second kappa shape index (κ2) is 4.57. The molecule has 1 amide bonds. The fourth-order valence-corrected chi connectivity index (χ4v) is 3.71. The summed E-state index contributed by atoms with van der Waals surface area (Å²) in [5, 5.41) is 0. The van der Waals surface area contributed by atoms with Crippen LogP contribution in [0.2, 0.25) is 0 Å². The van der Waals surface area contributed by atoms with Gasteiger partial charge in [-0.3, -0.25) is 9.69 Å². The first kappa shape index (κ1) is 12.4. The molecule has 3 aliphatic rings. The lowest BCUT2D eigenvalue weighted by atomic mass is 9.87. The summed E-state index contributed by atoms with van der Waals surface area (Å²) in [4.78, 5) is 16.4. The van der Waals surface area contributed by atoms with Gasteiger partial charge in [0.2, 0.25) is 5.91 Å². The number of fused-ring (bicyclic) bond motifs is 2. The monoisotopic (exact) mass is 272 g/mol. The molecule has 4 heteroatoms. The van der Waals surface area contributed by atoms with Gasteiger partial charge in [-0.1, -0.05) is 30.3 Å². The highest BCUT2D eigenvalue weighted by molar-refractivity contribution is 5.98. The molecule has 20 heavy (non-hydrogen) atoms. The van der Waals surface area contributed by atoms with Crippen LogP contribution in [0, 0.1) is 0 Å². The Labute approximate surface area is 119 Å². The number of benzene rings is 1. The average Bonchev–Trinajstić information content (AvgIpc) is 3.16. The molecular formula is C16H20N2O2. The van der Waals surface area contributed by atoms with Gasteiger partial charge in [-0.2, -0.15) is 0 Å². The predicted molar refractivity (Wildman–Crippen MR) is 75.1 cm³/mol. The van der Waals surface area contributed by atoms with E-state index < -0.39 is 0 Å². The Morgan fingerprint density at radius 1 is 1.20 bits per heavy atom. The molecule has 0 bridgehead atoms. The van der Waals surface area contributed by atoms with Crippen molar-refractivity contribution in [2.24, 2.45) is 0 Å². The number of ether oxygens (including phenoxy) is 1. The Hall–Kier alpha value is -1.39. The van der Waals surface area contributed by atoms with Crippen molar-refractivity contribution in [2.45, 2.75) is 31.0 Å². The molecule has 1 aromatic carbocycles. The Bertz CT molecular complexity index is 508. The molecule has 0 saturated carbocycles. The molecule has 106 valence electrons. The zero-order chi connectivity index (χ0) is 13.6. The number of amides is 1. The van der Waals surface area contributed by atoms with Crippen molar-refractivity contribution in [1.29, 1.82) is 0 Å². The lowest BCUT2D eigenvalue weighted by molar-refractivity contribution is -0.117. The van der Waals surface area contributed by atoms with E-state index in [-0.39, 0.29) is 11.6 Å². The Morgan fingerprint density at radius 2 is 1.95 bits per heavy atom. The molecule has 0 aromatic heterocycles. The SMILES string of the molecule is O=C1C2COCC3(CCN(Cc4ccccc4)CC3)N12. The lowest BCUT2D eigenvalue weighted by Crippen LogP contribution is -2.54. The number of rotatable bonds is 2. The molecule has 1 aromatic rings. The maximum absolute atomic E-state index is 11.8. The highest BCUT2D eigenvalue weighted by Gasteiger charge is 2.60. The number of likely N-dealkylation sites (tertiary alicyclic amines) is 1. The van der Waals surface area contributed by atoms with Crippen LogP contribution >= 0.6 is 0 Å². The van der Waals surface area contributed by atoms with E-state index >= 15 is 0 Å². The Kier molecular flexibility index (Phi) is 2.82. The topological polar surface area (TPSA) is 32.5 Å². The molecule has 1 atom stereocenters. The lowest BCUT2D eigenvalue weighted by Gasteiger charge is -2.44. The number of piperidine rings is 1. The molecule has 0 radical (unpaired) electrons. The van der Waals surface area contributed by atoms with Gasteiger partial charge in [0.25, 0.3) is 0 Å². The number of carbonyl (C=O) groups is 1. The van der Waals surface area contributed by atoms with Crippen LogP contribution in [0.1, 0.15) is 18.4 Å². The van der Waals surface area contributed by atoms with Crippen LogP contribution in [0.3, 0.4) is 0 Å². The summed E-state index contributed by atoms with van der Waals surface area (Å²) in [6, 6.07) is 10.7. The molecule has 3 heterocycles. The van der Waals surface area contributed by atoms with E-state index in [2.05, 4.69) is 40.1 Å². The van der Waals surface area contributed by atoms with Gasteiger partial charge in [0, 0.05) is 19.6 Å². The normalized spacial score (nSPS) is 28.5. The van der Waals surface area contributed by atoms with Crippen molar-refractivity contribution < 1.29 is 9.53 Å². The van der Waals surface area contributed by atoms with Gasteiger partial charge in [0.1, 0.15) is 6.04 Å². The summed E-state index contributed by atoms with van der Waals surface area (Å²) in [5.41, 5.74) is 1.37. The molecule has 1 unspecified atom stereocenters. The molecule has 3 saturated heterocycles. The van der Waals surface area contributed by atoms with Crippen molar-refractivity contribution in [3.63, 3.8) is 0 Å². The third kappa shape index (κ3) is 1.95. The number of hydrogen-bond acceptors (Lipinski definition) is 3. The summed E-state index contributed by atoms with van der Waals surface area (Å²) in [5.74, 6) is 0.305. The molecule has 3 aliphatic heterocycles. The van der Waals surface area contributed by atoms with Crippen LogP contribution in [0.4, 0.5) is 0 Å². The summed E-state index contributed by atoms with van der Waals surface area (Å²) in [6.07, 6.45) is 2.09. The van der Waals surface area contributed by atoms with E-state index in [9.17, 15) is 4.79 Å². The summed E-state index contributed by atoms with van der Waals surface area (Å²) < 4.78 is 5.66. The van der Waals surface area contributed by atoms with Crippen LogP contribution < -0.4 is 0 Å². The quantitative estimate of drug-likeness (QED) is 0.760. The number of morpholine rings is 1. The van der Waals surface area contributed by atoms with Gasteiger partial charge in [0.05, 0.1) is 18.8 Å². The number of hydrogen-bond donors (Lipinski definition) is 0. The van der Waals surface area contributed by atoms with E-state index in [1.807, 2.05) is 0 Å². The standard InChI is InChI=1S/C16H20N2O2/c19-15-14-11-20-12-16(18(14)15)6-8-17(9-7-16)10-13-4-2-1-3-5-13/h1-5,14H,6-12H2. The molecule has 0 N–H and O–H groups in total. The number of nitrogens with zero attached hydrogens (tertiary/aromatic N) is 2. The fourth-order valence-electron chi connectivity index (χ4n) is 3.71. The highest BCUT2D eigenvalue weighted by Crippen LogP contribution is 2.42. The van der Waals surface area contributed by atoms with Crippen LogP contribution in [0.25, 0.3) is 0 Å². The Morgan fingerprint density at radius 3 is 2.70 bits per heavy atom. The highest BCUT2D eigenvalue weighted by atomic mass is 16.5. The first-order valence-corrected chi connectivity index (χ1v) is 7.46. The molecule has 4 nitrogen and oxygen atoms in total. The van der Waals surface area contributed by atoms with E-state index in [1.54, 1.807) is 0 Å².